The SMILES string of the molecule is COCC(=O)N1CCC(C2CCC3NCN(CC(=O)N(C)Cc4ccc(C#N)c(Cl)c4)C(=O)C3C2)CC1. The van der Waals surface area contributed by atoms with Crippen LogP contribution in [-0.2, 0) is 25.7 Å². The second kappa shape index (κ2) is 12.2. The minimum absolute atomic E-state index is 0.0280. The van der Waals surface area contributed by atoms with Gasteiger partial charge in [0.05, 0.1) is 23.2 Å². The van der Waals surface area contributed by atoms with Gasteiger partial charge < -0.3 is 19.4 Å². The number of nitriles is 1. The zero-order chi connectivity index (χ0) is 26.5. The molecule has 1 aromatic rings. The van der Waals surface area contributed by atoms with Crippen molar-refractivity contribution in [2.75, 3.05) is 47.1 Å². The number of nitrogens with one attached hydrogen (secondary N) is 1. The topological polar surface area (TPSA) is 106 Å². The highest BCUT2D eigenvalue weighted by Gasteiger charge is 2.43. The van der Waals surface area contributed by atoms with Crippen LogP contribution in [0.5, 0.6) is 0 Å². The van der Waals surface area contributed by atoms with E-state index in [1.165, 1.54) is 0 Å². The highest BCUT2D eigenvalue weighted by molar-refractivity contribution is 6.31. The van der Waals surface area contributed by atoms with E-state index in [0.29, 0.717) is 35.6 Å². The van der Waals surface area contributed by atoms with Gasteiger partial charge in [-0.1, -0.05) is 17.7 Å². The van der Waals surface area contributed by atoms with Crippen molar-refractivity contribution in [1.29, 1.82) is 5.26 Å². The van der Waals surface area contributed by atoms with Crippen molar-refractivity contribution >= 4 is 29.3 Å². The molecule has 3 fully saturated rings. The van der Waals surface area contributed by atoms with Crippen LogP contribution in [0.15, 0.2) is 18.2 Å². The number of methoxy groups -OCH3 is 1. The number of hydrogen-bond donors (Lipinski definition) is 1. The summed E-state index contributed by atoms with van der Waals surface area (Å²) in [4.78, 5) is 43.6. The molecular formula is C27H36ClN5O4. The van der Waals surface area contributed by atoms with Crippen LogP contribution in [0.2, 0.25) is 5.02 Å². The third-order valence-electron chi connectivity index (χ3n) is 8.22. The number of rotatable bonds is 7. The van der Waals surface area contributed by atoms with E-state index >= 15 is 0 Å². The summed E-state index contributed by atoms with van der Waals surface area (Å²) in [7, 11) is 3.25. The third-order valence-corrected chi connectivity index (χ3v) is 8.53. The van der Waals surface area contributed by atoms with Gasteiger partial charge in [-0.25, -0.2) is 0 Å². The average Bonchev–Trinajstić information content (AvgIpc) is 2.90. The van der Waals surface area contributed by atoms with E-state index in [0.717, 1.165) is 50.8 Å². The molecule has 3 aliphatic rings. The fourth-order valence-corrected chi connectivity index (χ4v) is 6.30. The van der Waals surface area contributed by atoms with Gasteiger partial charge >= 0.3 is 0 Å². The van der Waals surface area contributed by atoms with Gasteiger partial charge in [0, 0.05) is 39.8 Å². The van der Waals surface area contributed by atoms with Gasteiger partial charge in [0.2, 0.25) is 17.7 Å². The zero-order valence-corrected chi connectivity index (χ0v) is 22.4. The standard InChI is InChI=1S/C27H36ClN5O4/c1-31(14-18-3-4-21(13-29)23(28)11-18)25(34)15-33-17-30-24-6-5-20(12-22(24)27(33)36)19-7-9-32(10-8-19)26(35)16-37-2/h3-4,11,19-20,22,24,30H,5-10,12,14-17H2,1-2H3. The number of benzene rings is 1. The zero-order valence-electron chi connectivity index (χ0n) is 21.6. The quantitative estimate of drug-likeness (QED) is 0.580. The van der Waals surface area contributed by atoms with Crippen molar-refractivity contribution in [2.45, 2.75) is 44.7 Å². The molecule has 2 saturated heterocycles. The second-order valence-corrected chi connectivity index (χ2v) is 10.9. The van der Waals surface area contributed by atoms with Crippen LogP contribution in [0.25, 0.3) is 0 Å². The summed E-state index contributed by atoms with van der Waals surface area (Å²) in [6.07, 6.45) is 4.81. The molecule has 1 aromatic carbocycles. The normalized spacial score (nSPS) is 24.4. The lowest BCUT2D eigenvalue weighted by Gasteiger charge is -2.46. The van der Waals surface area contributed by atoms with Crippen LogP contribution in [0.4, 0.5) is 0 Å². The highest BCUT2D eigenvalue weighted by atomic mass is 35.5. The summed E-state index contributed by atoms with van der Waals surface area (Å²) < 4.78 is 4.98. The first-order valence-electron chi connectivity index (χ1n) is 13.0. The lowest BCUT2D eigenvalue weighted by Crippen LogP contribution is -2.60. The molecule has 0 aromatic heterocycles. The predicted molar refractivity (Wildman–Crippen MR) is 138 cm³/mol. The predicted octanol–water partition coefficient (Wildman–Crippen LogP) is 2.23. The molecule has 1 saturated carbocycles. The number of likely N-dealkylation sites (tertiary alicyclic amines) is 1. The maximum absolute atomic E-state index is 13.4. The van der Waals surface area contributed by atoms with Crippen LogP contribution < -0.4 is 5.32 Å². The fraction of sp³-hybridized carbons (Fsp3) is 0.630. The van der Waals surface area contributed by atoms with Gasteiger partial charge in [-0.05, 0) is 61.6 Å². The Bertz CT molecular complexity index is 1050. The van der Waals surface area contributed by atoms with E-state index in [4.69, 9.17) is 21.6 Å². The Morgan fingerprint density at radius 3 is 2.65 bits per heavy atom. The molecule has 0 radical (unpaired) electrons. The minimum Gasteiger partial charge on any atom is -0.375 e. The van der Waals surface area contributed by atoms with E-state index in [-0.39, 0.29) is 42.8 Å². The molecule has 3 unspecified atom stereocenters. The van der Waals surface area contributed by atoms with Crippen molar-refractivity contribution in [3.8, 4) is 6.07 Å². The number of carbonyl (C=O) groups excluding carboxylic acids is 3. The average molecular weight is 530 g/mol. The minimum atomic E-state index is -0.144. The Balaban J connectivity index is 1.30. The first-order chi connectivity index (χ1) is 17.8. The monoisotopic (exact) mass is 529 g/mol. The summed E-state index contributed by atoms with van der Waals surface area (Å²) in [5.41, 5.74) is 1.22. The molecule has 4 rings (SSSR count). The molecule has 3 amide bonds. The fourth-order valence-electron chi connectivity index (χ4n) is 6.05. The Morgan fingerprint density at radius 1 is 1.22 bits per heavy atom. The van der Waals surface area contributed by atoms with E-state index in [2.05, 4.69) is 5.32 Å². The number of likely N-dealkylation sites (N-methyl/N-ethyl adjacent to an activating group) is 1. The lowest BCUT2D eigenvalue weighted by atomic mass is 9.69. The van der Waals surface area contributed by atoms with Crippen molar-refractivity contribution in [2.24, 2.45) is 17.8 Å². The van der Waals surface area contributed by atoms with Gasteiger partial charge in [-0.15, -0.1) is 0 Å². The molecule has 0 bridgehead atoms. The molecule has 9 nitrogen and oxygen atoms in total. The summed E-state index contributed by atoms with van der Waals surface area (Å²) in [6, 6.07) is 7.32. The molecule has 1 N–H and O–H groups in total. The molecule has 2 aliphatic heterocycles. The number of halogens is 1. The van der Waals surface area contributed by atoms with Crippen LogP contribution in [0.3, 0.4) is 0 Å². The van der Waals surface area contributed by atoms with E-state index in [1.54, 1.807) is 42.2 Å². The molecule has 1 aliphatic carbocycles. The molecule has 2 heterocycles. The first kappa shape index (κ1) is 27.4. The first-order valence-corrected chi connectivity index (χ1v) is 13.4. The Hall–Kier alpha value is -2.67. The van der Waals surface area contributed by atoms with Crippen LogP contribution >= 0.6 is 11.6 Å². The molecule has 0 spiro atoms. The number of ether oxygens (including phenoxy) is 1. The summed E-state index contributed by atoms with van der Waals surface area (Å²) in [5.74, 6) is 0.827. The molecule has 10 heteroatoms. The van der Waals surface area contributed by atoms with Gasteiger partial charge in [0.1, 0.15) is 19.2 Å². The Kier molecular flexibility index (Phi) is 9.06. The highest BCUT2D eigenvalue weighted by Crippen LogP contribution is 2.40. The maximum atomic E-state index is 13.4. The maximum Gasteiger partial charge on any atom is 0.248 e. The van der Waals surface area contributed by atoms with Gasteiger partial charge in [-0.3, -0.25) is 19.7 Å². The molecule has 3 atom stereocenters. The van der Waals surface area contributed by atoms with Crippen molar-refractivity contribution < 1.29 is 19.1 Å². The van der Waals surface area contributed by atoms with E-state index in [1.807, 2.05) is 11.0 Å². The lowest BCUT2D eigenvalue weighted by molar-refractivity contribution is -0.148. The number of hydrogen-bond acceptors (Lipinski definition) is 6. The largest absolute Gasteiger partial charge is 0.375 e. The van der Waals surface area contributed by atoms with Crippen molar-refractivity contribution in [3.05, 3.63) is 34.3 Å². The van der Waals surface area contributed by atoms with Crippen LogP contribution in [0, 0.1) is 29.1 Å². The smallest absolute Gasteiger partial charge is 0.248 e. The second-order valence-electron chi connectivity index (χ2n) is 10.5. The number of nitrogens with zero attached hydrogens (tertiary/aromatic N) is 4. The molecular weight excluding hydrogens is 494 g/mol. The molecule has 37 heavy (non-hydrogen) atoms. The summed E-state index contributed by atoms with van der Waals surface area (Å²) >= 11 is 6.12. The number of carbonyl (C=O) groups is 3. The van der Waals surface area contributed by atoms with Crippen LogP contribution in [-0.4, -0.2) is 85.5 Å². The third kappa shape index (κ3) is 6.43. The van der Waals surface area contributed by atoms with Gasteiger partial charge in [0.25, 0.3) is 0 Å². The molecule has 200 valence electrons. The van der Waals surface area contributed by atoms with Gasteiger partial charge in [-0.2, -0.15) is 5.26 Å². The summed E-state index contributed by atoms with van der Waals surface area (Å²) in [6.45, 7) is 2.39. The van der Waals surface area contributed by atoms with E-state index in [9.17, 15) is 14.4 Å². The number of fused-ring (bicyclic) bond motifs is 1. The van der Waals surface area contributed by atoms with Crippen LogP contribution in [0.1, 0.15) is 43.2 Å². The Labute approximate surface area is 223 Å². The van der Waals surface area contributed by atoms with Crippen molar-refractivity contribution in [1.82, 2.24) is 20.0 Å². The number of amides is 3. The summed E-state index contributed by atoms with van der Waals surface area (Å²) in [5, 5.41) is 12.9. The van der Waals surface area contributed by atoms with E-state index < -0.39 is 0 Å². The Morgan fingerprint density at radius 2 is 1.97 bits per heavy atom. The van der Waals surface area contributed by atoms with Gasteiger partial charge in [0.15, 0.2) is 0 Å². The number of piperidine rings is 1. The van der Waals surface area contributed by atoms with Crippen molar-refractivity contribution in [3.63, 3.8) is 0 Å².